The number of fused-ring (bicyclic) bond motifs is 4. The highest BCUT2D eigenvalue weighted by molar-refractivity contribution is 6.28. The quantitative estimate of drug-likeness (QED) is 0.554. The van der Waals surface area contributed by atoms with Gasteiger partial charge >= 0.3 is 0 Å². The van der Waals surface area contributed by atoms with Crippen LogP contribution in [0.4, 0.5) is 0 Å². The van der Waals surface area contributed by atoms with Crippen molar-refractivity contribution in [1.82, 2.24) is 14.8 Å². The first-order valence-corrected chi connectivity index (χ1v) is 11.8. The average Bonchev–Trinajstić information content (AvgIpc) is 3.48. The van der Waals surface area contributed by atoms with Gasteiger partial charge in [0.15, 0.2) is 11.5 Å². The van der Waals surface area contributed by atoms with Crippen molar-refractivity contribution in [1.29, 1.82) is 0 Å². The van der Waals surface area contributed by atoms with E-state index < -0.39 is 18.0 Å². The molecule has 3 aromatic rings. The lowest BCUT2D eigenvalue weighted by Gasteiger charge is -2.42. The lowest BCUT2D eigenvalue weighted by atomic mass is 9.87. The maximum atomic E-state index is 13.2. The van der Waals surface area contributed by atoms with Gasteiger partial charge in [-0.25, -0.2) is 0 Å². The number of carbonyl (C=O) groups is 3. The van der Waals surface area contributed by atoms with E-state index in [9.17, 15) is 14.4 Å². The van der Waals surface area contributed by atoms with E-state index in [0.717, 1.165) is 10.9 Å². The van der Waals surface area contributed by atoms with Crippen LogP contribution in [0.2, 0.25) is 0 Å². The number of para-hydroxylation sites is 1. The summed E-state index contributed by atoms with van der Waals surface area (Å²) in [4.78, 5) is 40.8. The highest BCUT2D eigenvalue weighted by Crippen LogP contribution is 2.45. The Bertz CT molecular complexity index is 1320. The van der Waals surface area contributed by atoms with E-state index in [4.69, 9.17) is 32.7 Å². The van der Waals surface area contributed by atoms with Gasteiger partial charge in [0.25, 0.3) is 0 Å². The minimum Gasteiger partial charge on any atom is -0.454 e. The van der Waals surface area contributed by atoms with E-state index in [2.05, 4.69) is 5.32 Å². The molecule has 1 N–H and O–H groups in total. The average molecular weight is 502 g/mol. The van der Waals surface area contributed by atoms with Crippen LogP contribution in [-0.2, 0) is 16.0 Å². The maximum absolute atomic E-state index is 13.2. The molecule has 10 heteroatoms. The number of rotatable bonds is 4. The number of nitrogens with one attached hydrogen (secondary N) is 1. The SMILES string of the molecule is CNC(=O)[C@H]1Cc2c(n(C(=O)CCl)c3ccccc23)[C@@H](c2ccc3c(c2)OCO3)N1C(=O)CCl. The predicted octanol–water partition coefficient (Wildman–Crippen LogP) is 3.08. The van der Waals surface area contributed by atoms with Crippen LogP contribution < -0.4 is 14.8 Å². The number of amides is 2. The van der Waals surface area contributed by atoms with Gasteiger partial charge in [-0.3, -0.25) is 19.0 Å². The molecule has 0 spiro atoms. The molecule has 0 saturated carbocycles. The second-order valence-electron chi connectivity index (χ2n) is 8.03. The molecule has 2 aliphatic heterocycles. The summed E-state index contributed by atoms with van der Waals surface area (Å²) in [5, 5.41) is 3.49. The summed E-state index contributed by atoms with van der Waals surface area (Å²) >= 11 is 12.0. The summed E-state index contributed by atoms with van der Waals surface area (Å²) in [7, 11) is 1.52. The summed E-state index contributed by atoms with van der Waals surface area (Å²) < 4.78 is 12.6. The minimum atomic E-state index is -0.829. The number of nitrogens with zero attached hydrogens (tertiary/aromatic N) is 2. The molecule has 0 aliphatic carbocycles. The van der Waals surface area contributed by atoms with Gasteiger partial charge < -0.3 is 19.7 Å². The molecule has 5 rings (SSSR count). The first-order valence-electron chi connectivity index (χ1n) is 10.7. The van der Waals surface area contributed by atoms with Gasteiger partial charge in [0.05, 0.1) is 17.3 Å². The van der Waals surface area contributed by atoms with Crippen LogP contribution in [0.1, 0.15) is 27.7 Å². The van der Waals surface area contributed by atoms with Gasteiger partial charge in [0.2, 0.25) is 24.5 Å². The Morgan fingerprint density at radius 3 is 2.50 bits per heavy atom. The van der Waals surface area contributed by atoms with E-state index in [1.54, 1.807) is 22.8 Å². The van der Waals surface area contributed by atoms with Gasteiger partial charge in [-0.15, -0.1) is 23.2 Å². The van der Waals surface area contributed by atoms with Crippen LogP contribution in [-0.4, -0.2) is 58.8 Å². The first kappa shape index (κ1) is 22.6. The zero-order valence-corrected chi connectivity index (χ0v) is 19.7. The largest absolute Gasteiger partial charge is 0.454 e. The topological polar surface area (TPSA) is 89.9 Å². The Kier molecular flexibility index (Phi) is 5.87. The molecule has 176 valence electrons. The van der Waals surface area contributed by atoms with Crippen LogP contribution >= 0.6 is 23.2 Å². The smallest absolute Gasteiger partial charge is 0.246 e. The summed E-state index contributed by atoms with van der Waals surface area (Å²) in [5.41, 5.74) is 2.72. The number of carbonyl (C=O) groups excluding carboxylic acids is 3. The van der Waals surface area contributed by atoms with Crippen molar-refractivity contribution in [2.24, 2.45) is 0 Å². The van der Waals surface area contributed by atoms with Gasteiger partial charge in [-0.2, -0.15) is 0 Å². The Morgan fingerprint density at radius 1 is 1.03 bits per heavy atom. The molecule has 0 bridgehead atoms. The minimum absolute atomic E-state index is 0.0882. The third kappa shape index (κ3) is 3.40. The maximum Gasteiger partial charge on any atom is 0.246 e. The molecule has 8 nitrogen and oxygen atoms in total. The van der Waals surface area contributed by atoms with Crippen molar-refractivity contribution in [2.45, 2.75) is 18.5 Å². The molecule has 0 saturated heterocycles. The van der Waals surface area contributed by atoms with E-state index >= 15 is 0 Å². The molecule has 1 aromatic heterocycles. The van der Waals surface area contributed by atoms with Crippen LogP contribution in [0.5, 0.6) is 11.5 Å². The van der Waals surface area contributed by atoms with Gasteiger partial charge in [0, 0.05) is 18.9 Å². The molecule has 2 aromatic carbocycles. The zero-order valence-electron chi connectivity index (χ0n) is 18.2. The summed E-state index contributed by atoms with van der Waals surface area (Å²) in [5.74, 6) is -0.564. The molecule has 3 heterocycles. The molecule has 0 unspecified atom stereocenters. The standard InChI is InChI=1S/C24H21Cl2N3O5/c1-27-24(32)17-9-15-14-4-2-3-5-16(14)28(20(30)10-25)23(15)22(29(17)21(31)11-26)13-6-7-18-19(8-13)34-12-33-18/h2-8,17,22H,9-12H2,1H3,(H,27,32)/t17-,22-/m1/s1. The molecule has 2 aliphatic rings. The number of alkyl halides is 2. The highest BCUT2D eigenvalue weighted by Gasteiger charge is 2.45. The van der Waals surface area contributed by atoms with Gasteiger partial charge in [0.1, 0.15) is 17.8 Å². The molecule has 0 radical (unpaired) electrons. The van der Waals surface area contributed by atoms with Crippen molar-refractivity contribution < 1.29 is 23.9 Å². The molecule has 2 atom stereocenters. The lowest BCUT2D eigenvalue weighted by molar-refractivity contribution is -0.141. The first-order chi connectivity index (χ1) is 16.5. The fraction of sp³-hybridized carbons (Fsp3) is 0.292. The third-order valence-electron chi connectivity index (χ3n) is 6.32. The van der Waals surface area contributed by atoms with Gasteiger partial charge in [-0.05, 0) is 29.3 Å². The fourth-order valence-electron chi connectivity index (χ4n) is 4.93. The van der Waals surface area contributed by atoms with E-state index in [-0.39, 0.29) is 36.8 Å². The molecular formula is C24H21Cl2N3O5. The lowest BCUT2D eigenvalue weighted by Crippen LogP contribution is -2.55. The number of ether oxygens (including phenoxy) is 2. The van der Waals surface area contributed by atoms with Crippen LogP contribution in [0.3, 0.4) is 0 Å². The number of aromatic nitrogens is 1. The number of hydrogen-bond donors (Lipinski definition) is 1. The molecule has 0 fully saturated rings. The molecule has 2 amide bonds. The van der Waals surface area contributed by atoms with Crippen molar-refractivity contribution in [3.05, 3.63) is 59.3 Å². The Labute approximate surface area is 205 Å². The van der Waals surface area contributed by atoms with Crippen molar-refractivity contribution in [2.75, 3.05) is 25.6 Å². The number of likely N-dealkylation sites (N-methyl/N-ethyl adjacent to an activating group) is 1. The Hall–Kier alpha value is -3.23. The van der Waals surface area contributed by atoms with Crippen molar-refractivity contribution >= 4 is 51.8 Å². The van der Waals surface area contributed by atoms with Crippen LogP contribution in [0.25, 0.3) is 10.9 Å². The summed E-state index contributed by atoms with van der Waals surface area (Å²) in [6.45, 7) is 0.0882. The van der Waals surface area contributed by atoms with Crippen molar-refractivity contribution in [3.8, 4) is 11.5 Å². The zero-order chi connectivity index (χ0) is 24.0. The van der Waals surface area contributed by atoms with Crippen molar-refractivity contribution in [3.63, 3.8) is 0 Å². The van der Waals surface area contributed by atoms with E-state index in [1.165, 1.54) is 11.9 Å². The number of benzene rings is 2. The van der Waals surface area contributed by atoms with E-state index in [0.29, 0.717) is 28.3 Å². The summed E-state index contributed by atoms with van der Waals surface area (Å²) in [6, 6.07) is 11.1. The third-order valence-corrected chi connectivity index (χ3v) is 6.78. The number of halogens is 2. The van der Waals surface area contributed by atoms with Crippen LogP contribution in [0.15, 0.2) is 42.5 Å². The fourth-order valence-corrected chi connectivity index (χ4v) is 5.19. The molecular weight excluding hydrogens is 481 g/mol. The Balaban J connectivity index is 1.85. The summed E-state index contributed by atoms with van der Waals surface area (Å²) in [6.07, 6.45) is 0.224. The second kappa shape index (κ2) is 8.85. The van der Waals surface area contributed by atoms with Crippen LogP contribution in [0, 0.1) is 0 Å². The highest BCUT2D eigenvalue weighted by atomic mass is 35.5. The molecule has 34 heavy (non-hydrogen) atoms. The van der Waals surface area contributed by atoms with Gasteiger partial charge in [-0.1, -0.05) is 24.3 Å². The van der Waals surface area contributed by atoms with E-state index in [1.807, 2.05) is 24.3 Å². The normalized spacial score (nSPS) is 18.6. The monoisotopic (exact) mass is 501 g/mol. The number of hydrogen-bond acceptors (Lipinski definition) is 5. The predicted molar refractivity (Wildman–Crippen MR) is 127 cm³/mol. The Morgan fingerprint density at radius 2 is 1.76 bits per heavy atom. The second-order valence-corrected chi connectivity index (χ2v) is 8.56.